The molecule has 0 radical (unpaired) electrons. The van der Waals surface area contributed by atoms with Crippen LogP contribution in [0.15, 0.2) is 29.6 Å². The van der Waals surface area contributed by atoms with Crippen LogP contribution in [0.1, 0.15) is 25.8 Å². The number of benzene rings is 1. The molecule has 0 saturated carbocycles. The van der Waals surface area contributed by atoms with Crippen molar-refractivity contribution in [1.82, 2.24) is 10.3 Å². The summed E-state index contributed by atoms with van der Waals surface area (Å²) >= 11 is 1.69. The van der Waals surface area contributed by atoms with Gasteiger partial charge in [0.2, 0.25) is 5.91 Å². The highest BCUT2D eigenvalue weighted by molar-refractivity contribution is 7.09. The van der Waals surface area contributed by atoms with E-state index in [1.165, 1.54) is 6.92 Å². The fourth-order valence-electron chi connectivity index (χ4n) is 1.95. The first-order chi connectivity index (χ1) is 10.0. The molecule has 1 aromatic heterocycles. The van der Waals surface area contributed by atoms with E-state index in [9.17, 15) is 4.79 Å². The van der Waals surface area contributed by atoms with E-state index in [4.69, 9.17) is 0 Å². The third-order valence-electron chi connectivity index (χ3n) is 2.94. The van der Waals surface area contributed by atoms with Crippen LogP contribution in [0, 0.1) is 0 Å². The van der Waals surface area contributed by atoms with Gasteiger partial charge >= 0.3 is 0 Å². The lowest BCUT2D eigenvalue weighted by atomic mass is 10.1. The molecule has 1 aromatic carbocycles. The summed E-state index contributed by atoms with van der Waals surface area (Å²) in [7, 11) is 0. The van der Waals surface area contributed by atoms with Crippen LogP contribution < -0.4 is 10.6 Å². The van der Waals surface area contributed by atoms with Crippen molar-refractivity contribution >= 4 is 22.9 Å². The van der Waals surface area contributed by atoms with Crippen LogP contribution in [0.25, 0.3) is 11.3 Å². The average molecular weight is 303 g/mol. The molecule has 0 aliphatic carbocycles. The molecule has 1 amide bonds. The third-order valence-corrected chi connectivity index (χ3v) is 3.85. The van der Waals surface area contributed by atoms with Crippen LogP contribution in [0.5, 0.6) is 0 Å². The SMILES string of the molecule is CC(=O)Nc1ccc(-c2csc(CCNC(C)C)n2)cc1. The molecule has 2 rings (SSSR count). The quantitative estimate of drug-likeness (QED) is 0.861. The first kappa shape index (κ1) is 15.7. The minimum absolute atomic E-state index is 0.0589. The normalized spacial score (nSPS) is 10.9. The van der Waals surface area contributed by atoms with Gasteiger partial charge in [-0.2, -0.15) is 0 Å². The van der Waals surface area contributed by atoms with Crippen molar-refractivity contribution in [3.8, 4) is 11.3 Å². The summed E-state index contributed by atoms with van der Waals surface area (Å²) in [6, 6.07) is 8.27. The van der Waals surface area contributed by atoms with Gasteiger partial charge in [0, 0.05) is 42.6 Å². The Morgan fingerprint density at radius 1 is 1.29 bits per heavy atom. The van der Waals surface area contributed by atoms with Gasteiger partial charge in [-0.25, -0.2) is 4.98 Å². The molecule has 21 heavy (non-hydrogen) atoms. The summed E-state index contributed by atoms with van der Waals surface area (Å²) in [5, 5.41) is 9.38. The molecule has 5 heteroatoms. The lowest BCUT2D eigenvalue weighted by Gasteiger charge is -2.05. The molecular formula is C16H21N3OS. The molecule has 0 spiro atoms. The number of rotatable bonds is 6. The van der Waals surface area contributed by atoms with Crippen molar-refractivity contribution in [3.05, 3.63) is 34.7 Å². The van der Waals surface area contributed by atoms with E-state index < -0.39 is 0 Å². The van der Waals surface area contributed by atoms with Crippen molar-refractivity contribution < 1.29 is 4.79 Å². The Labute approximate surface area is 129 Å². The maximum absolute atomic E-state index is 11.0. The molecule has 112 valence electrons. The highest BCUT2D eigenvalue weighted by Crippen LogP contribution is 2.23. The second-order valence-corrected chi connectivity index (χ2v) is 6.19. The number of thiazole rings is 1. The molecular weight excluding hydrogens is 282 g/mol. The number of hydrogen-bond donors (Lipinski definition) is 2. The van der Waals surface area contributed by atoms with Crippen molar-refractivity contribution in [3.63, 3.8) is 0 Å². The zero-order chi connectivity index (χ0) is 15.2. The smallest absolute Gasteiger partial charge is 0.221 e. The van der Waals surface area contributed by atoms with Crippen LogP contribution in [-0.4, -0.2) is 23.5 Å². The number of amides is 1. The van der Waals surface area contributed by atoms with Crippen LogP contribution >= 0.6 is 11.3 Å². The van der Waals surface area contributed by atoms with Gasteiger partial charge in [0.25, 0.3) is 0 Å². The molecule has 0 unspecified atom stereocenters. The molecule has 0 saturated heterocycles. The number of anilines is 1. The summed E-state index contributed by atoms with van der Waals surface area (Å²) in [5.41, 5.74) is 2.88. The lowest BCUT2D eigenvalue weighted by Crippen LogP contribution is -2.24. The second-order valence-electron chi connectivity index (χ2n) is 5.24. The van der Waals surface area contributed by atoms with E-state index in [2.05, 4.69) is 34.8 Å². The summed E-state index contributed by atoms with van der Waals surface area (Å²) in [6.45, 7) is 6.74. The minimum Gasteiger partial charge on any atom is -0.326 e. The Morgan fingerprint density at radius 2 is 2.00 bits per heavy atom. The molecule has 4 nitrogen and oxygen atoms in total. The summed E-state index contributed by atoms with van der Waals surface area (Å²) in [4.78, 5) is 15.7. The van der Waals surface area contributed by atoms with Crippen molar-refractivity contribution in [1.29, 1.82) is 0 Å². The van der Waals surface area contributed by atoms with E-state index in [0.717, 1.165) is 34.9 Å². The number of hydrogen-bond acceptors (Lipinski definition) is 4. The van der Waals surface area contributed by atoms with Crippen LogP contribution in [0.4, 0.5) is 5.69 Å². The molecule has 0 bridgehead atoms. The largest absolute Gasteiger partial charge is 0.326 e. The molecule has 0 aliphatic heterocycles. The molecule has 2 aromatic rings. The molecule has 1 heterocycles. The standard InChI is InChI=1S/C16H21N3OS/c1-11(2)17-9-8-16-19-15(10-21-16)13-4-6-14(7-5-13)18-12(3)20/h4-7,10-11,17H,8-9H2,1-3H3,(H,18,20). The maximum Gasteiger partial charge on any atom is 0.221 e. The Hall–Kier alpha value is -1.72. The molecule has 2 N–H and O–H groups in total. The summed E-state index contributed by atoms with van der Waals surface area (Å²) < 4.78 is 0. The van der Waals surface area contributed by atoms with Crippen LogP contribution in [0.3, 0.4) is 0 Å². The molecule has 0 atom stereocenters. The maximum atomic E-state index is 11.0. The Morgan fingerprint density at radius 3 is 2.62 bits per heavy atom. The summed E-state index contributed by atoms with van der Waals surface area (Å²) in [5.74, 6) is -0.0589. The van der Waals surface area contributed by atoms with Gasteiger partial charge in [-0.15, -0.1) is 11.3 Å². The van der Waals surface area contributed by atoms with Gasteiger partial charge in [0.05, 0.1) is 10.7 Å². The Kier molecular flexibility index (Phi) is 5.47. The van der Waals surface area contributed by atoms with E-state index in [1.54, 1.807) is 11.3 Å². The van der Waals surface area contributed by atoms with Crippen LogP contribution in [-0.2, 0) is 11.2 Å². The first-order valence-electron chi connectivity index (χ1n) is 7.10. The van der Waals surface area contributed by atoms with E-state index >= 15 is 0 Å². The van der Waals surface area contributed by atoms with Crippen LogP contribution in [0.2, 0.25) is 0 Å². The van der Waals surface area contributed by atoms with Crippen molar-refractivity contribution in [2.45, 2.75) is 33.2 Å². The monoisotopic (exact) mass is 303 g/mol. The zero-order valence-electron chi connectivity index (χ0n) is 12.6. The fourth-order valence-corrected chi connectivity index (χ4v) is 2.76. The second kappa shape index (κ2) is 7.33. The number of carbonyl (C=O) groups is 1. The molecule has 0 aliphatic rings. The molecule has 0 fully saturated rings. The zero-order valence-corrected chi connectivity index (χ0v) is 13.5. The van der Waals surface area contributed by atoms with Gasteiger partial charge in [-0.1, -0.05) is 26.0 Å². The van der Waals surface area contributed by atoms with E-state index in [0.29, 0.717) is 6.04 Å². The summed E-state index contributed by atoms with van der Waals surface area (Å²) in [6.07, 6.45) is 0.951. The van der Waals surface area contributed by atoms with Gasteiger partial charge in [-0.3, -0.25) is 4.79 Å². The van der Waals surface area contributed by atoms with E-state index in [1.807, 2.05) is 24.3 Å². The number of nitrogens with one attached hydrogen (secondary N) is 2. The van der Waals surface area contributed by atoms with Crippen molar-refractivity contribution in [2.24, 2.45) is 0 Å². The number of nitrogens with zero attached hydrogens (tertiary/aromatic N) is 1. The average Bonchev–Trinajstić information content (AvgIpc) is 2.87. The third kappa shape index (κ3) is 4.95. The van der Waals surface area contributed by atoms with Gasteiger partial charge in [0.15, 0.2) is 0 Å². The van der Waals surface area contributed by atoms with Gasteiger partial charge in [-0.05, 0) is 12.1 Å². The number of carbonyl (C=O) groups excluding carboxylic acids is 1. The highest BCUT2D eigenvalue weighted by Gasteiger charge is 2.05. The minimum atomic E-state index is -0.0589. The Bertz CT molecular complexity index is 590. The topological polar surface area (TPSA) is 54.0 Å². The van der Waals surface area contributed by atoms with Crippen molar-refractivity contribution in [2.75, 3.05) is 11.9 Å². The van der Waals surface area contributed by atoms with E-state index in [-0.39, 0.29) is 5.91 Å². The number of aromatic nitrogens is 1. The predicted octanol–water partition coefficient (Wildman–Crippen LogP) is 3.31. The first-order valence-corrected chi connectivity index (χ1v) is 7.98. The highest BCUT2D eigenvalue weighted by atomic mass is 32.1. The Balaban J connectivity index is 1.98. The fraction of sp³-hybridized carbons (Fsp3) is 0.375. The van der Waals surface area contributed by atoms with Gasteiger partial charge in [0.1, 0.15) is 0 Å². The lowest BCUT2D eigenvalue weighted by molar-refractivity contribution is -0.114. The van der Waals surface area contributed by atoms with Gasteiger partial charge < -0.3 is 10.6 Å². The predicted molar refractivity (Wildman–Crippen MR) is 88.7 cm³/mol.